The Hall–Kier alpha value is -1.13. The third-order valence-electron chi connectivity index (χ3n) is 2.74. The average molecular weight is 328 g/mol. The van der Waals surface area contributed by atoms with Gasteiger partial charge in [0.2, 0.25) is 0 Å². The van der Waals surface area contributed by atoms with Crippen LogP contribution in [0.2, 0.25) is 5.02 Å². The molecule has 0 unspecified atom stereocenters. The van der Waals surface area contributed by atoms with Crippen molar-refractivity contribution in [1.29, 1.82) is 0 Å². The van der Waals surface area contributed by atoms with Crippen molar-refractivity contribution >= 4 is 33.3 Å². The second-order valence-electron chi connectivity index (χ2n) is 4.01. The molecule has 0 bridgehead atoms. The summed E-state index contributed by atoms with van der Waals surface area (Å²) in [5.41, 5.74) is 0.667. The van der Waals surface area contributed by atoms with Gasteiger partial charge in [0.25, 0.3) is 0 Å². The first-order valence-electron chi connectivity index (χ1n) is 5.52. The highest BCUT2D eigenvalue weighted by Gasteiger charge is 2.09. The molecule has 0 fully saturated rings. The number of Topliss-reactive ketones (excluding diaryl/α,β-unsaturated/α-hetero) is 1. The lowest BCUT2D eigenvalue weighted by atomic mass is 10.1. The van der Waals surface area contributed by atoms with Crippen molar-refractivity contribution in [3.63, 3.8) is 0 Å². The smallest absolute Gasteiger partial charge is 0.163 e. The summed E-state index contributed by atoms with van der Waals surface area (Å²) in [5, 5.41) is 0.607. The van der Waals surface area contributed by atoms with Crippen molar-refractivity contribution in [3.05, 3.63) is 51.5 Å². The van der Waals surface area contributed by atoms with Crippen molar-refractivity contribution < 1.29 is 4.79 Å². The minimum absolute atomic E-state index is 0.0929. The first-order chi connectivity index (χ1) is 8.58. The Kier molecular flexibility index (Phi) is 4.19. The maximum atomic E-state index is 12.0. The summed E-state index contributed by atoms with van der Waals surface area (Å²) in [5.74, 6) is 1.01. The standard InChI is InChI=1S/C13H12BrClN2O/c1-17-7-6-16-13(17)5-4-12(18)9-2-3-11(15)10(14)8-9/h2-3,6-8H,4-5H2,1H3. The molecule has 0 aliphatic rings. The van der Waals surface area contributed by atoms with Crippen LogP contribution in [0.3, 0.4) is 0 Å². The fourth-order valence-corrected chi connectivity index (χ4v) is 2.17. The Morgan fingerprint density at radius 1 is 1.50 bits per heavy atom. The van der Waals surface area contributed by atoms with E-state index in [0.29, 0.717) is 23.4 Å². The van der Waals surface area contributed by atoms with E-state index in [1.165, 1.54) is 0 Å². The highest BCUT2D eigenvalue weighted by Crippen LogP contribution is 2.23. The molecule has 1 aromatic carbocycles. The lowest BCUT2D eigenvalue weighted by Crippen LogP contribution is -2.04. The molecule has 0 saturated heterocycles. The largest absolute Gasteiger partial charge is 0.338 e. The van der Waals surface area contributed by atoms with E-state index in [2.05, 4.69) is 20.9 Å². The number of carbonyl (C=O) groups excluding carboxylic acids is 1. The minimum Gasteiger partial charge on any atom is -0.338 e. The second-order valence-corrected chi connectivity index (χ2v) is 5.27. The minimum atomic E-state index is 0.0929. The lowest BCUT2D eigenvalue weighted by Gasteiger charge is -2.03. The molecule has 0 saturated carbocycles. The quantitative estimate of drug-likeness (QED) is 0.803. The van der Waals surface area contributed by atoms with Crippen molar-refractivity contribution in [2.24, 2.45) is 7.05 Å². The third kappa shape index (κ3) is 3.00. The number of hydrogen-bond acceptors (Lipinski definition) is 2. The lowest BCUT2D eigenvalue weighted by molar-refractivity contribution is 0.0982. The van der Waals surface area contributed by atoms with Crippen molar-refractivity contribution in [2.75, 3.05) is 0 Å². The van der Waals surface area contributed by atoms with Crippen molar-refractivity contribution in [1.82, 2.24) is 9.55 Å². The molecule has 2 aromatic rings. The fourth-order valence-electron chi connectivity index (χ4n) is 1.68. The van der Waals surface area contributed by atoms with Gasteiger partial charge in [-0.05, 0) is 34.1 Å². The van der Waals surface area contributed by atoms with E-state index >= 15 is 0 Å². The molecule has 0 aliphatic heterocycles. The number of halogens is 2. The average Bonchev–Trinajstić information content (AvgIpc) is 2.75. The van der Waals surface area contributed by atoms with Gasteiger partial charge in [-0.2, -0.15) is 0 Å². The van der Waals surface area contributed by atoms with Gasteiger partial charge in [-0.25, -0.2) is 4.98 Å². The Morgan fingerprint density at radius 3 is 2.89 bits per heavy atom. The van der Waals surface area contributed by atoms with Crippen LogP contribution < -0.4 is 0 Å². The molecule has 0 N–H and O–H groups in total. The summed E-state index contributed by atoms with van der Waals surface area (Å²) in [6.07, 6.45) is 4.69. The van der Waals surface area contributed by atoms with Gasteiger partial charge >= 0.3 is 0 Å². The number of rotatable bonds is 4. The van der Waals surface area contributed by atoms with Crippen molar-refractivity contribution in [3.8, 4) is 0 Å². The number of aromatic nitrogens is 2. The van der Waals surface area contributed by atoms with E-state index in [-0.39, 0.29) is 5.78 Å². The number of imidazole rings is 1. The Balaban J connectivity index is 2.04. The monoisotopic (exact) mass is 326 g/mol. The van der Waals surface area contributed by atoms with Crippen LogP contribution in [0.25, 0.3) is 0 Å². The van der Waals surface area contributed by atoms with Gasteiger partial charge in [-0.15, -0.1) is 0 Å². The third-order valence-corrected chi connectivity index (χ3v) is 3.95. The predicted molar refractivity (Wildman–Crippen MR) is 75.0 cm³/mol. The zero-order valence-electron chi connectivity index (χ0n) is 9.86. The molecule has 94 valence electrons. The maximum absolute atomic E-state index is 12.0. The number of aryl methyl sites for hydroxylation is 2. The zero-order valence-corrected chi connectivity index (χ0v) is 12.2. The first-order valence-corrected chi connectivity index (χ1v) is 6.69. The Labute approximate surface area is 119 Å². The van der Waals surface area contributed by atoms with Gasteiger partial charge in [0.15, 0.2) is 5.78 Å². The van der Waals surface area contributed by atoms with E-state index in [0.717, 1.165) is 10.3 Å². The Morgan fingerprint density at radius 2 is 2.28 bits per heavy atom. The van der Waals surface area contributed by atoms with Gasteiger partial charge < -0.3 is 4.57 Å². The fraction of sp³-hybridized carbons (Fsp3) is 0.231. The number of hydrogen-bond donors (Lipinski definition) is 0. The van der Waals surface area contributed by atoms with Crippen LogP contribution in [-0.4, -0.2) is 15.3 Å². The van der Waals surface area contributed by atoms with Gasteiger partial charge in [0, 0.05) is 42.3 Å². The summed E-state index contributed by atoms with van der Waals surface area (Å²) in [7, 11) is 1.92. The van der Waals surface area contributed by atoms with E-state index in [9.17, 15) is 4.79 Å². The highest BCUT2D eigenvalue weighted by molar-refractivity contribution is 9.10. The van der Waals surface area contributed by atoms with Gasteiger partial charge in [-0.3, -0.25) is 4.79 Å². The maximum Gasteiger partial charge on any atom is 0.163 e. The summed E-state index contributed by atoms with van der Waals surface area (Å²) < 4.78 is 2.66. The van der Waals surface area contributed by atoms with Gasteiger partial charge in [0.05, 0.1) is 5.02 Å². The molecule has 0 spiro atoms. The molecule has 5 heteroatoms. The molecule has 18 heavy (non-hydrogen) atoms. The molecule has 3 nitrogen and oxygen atoms in total. The summed E-state index contributed by atoms with van der Waals surface area (Å²) in [6.45, 7) is 0. The second kappa shape index (κ2) is 5.67. The molecule has 0 radical (unpaired) electrons. The topological polar surface area (TPSA) is 34.9 Å². The van der Waals surface area contributed by atoms with Crippen LogP contribution in [0.5, 0.6) is 0 Å². The van der Waals surface area contributed by atoms with E-state index in [1.807, 2.05) is 17.8 Å². The van der Waals surface area contributed by atoms with Crippen LogP contribution in [0, 0.1) is 0 Å². The molecule has 0 aliphatic carbocycles. The van der Waals surface area contributed by atoms with E-state index in [1.54, 1.807) is 24.4 Å². The molecule has 0 atom stereocenters. The van der Waals surface area contributed by atoms with Crippen LogP contribution in [-0.2, 0) is 13.5 Å². The summed E-state index contributed by atoms with van der Waals surface area (Å²) in [6, 6.07) is 5.22. The first kappa shape index (κ1) is 13.3. The van der Waals surface area contributed by atoms with Gasteiger partial charge in [-0.1, -0.05) is 11.6 Å². The molecule has 0 amide bonds. The molecular formula is C13H12BrClN2O. The molecule has 1 heterocycles. The number of benzene rings is 1. The van der Waals surface area contributed by atoms with Crippen LogP contribution in [0.1, 0.15) is 22.6 Å². The number of nitrogens with zero attached hydrogens (tertiary/aromatic N) is 2. The number of ketones is 1. The molecular weight excluding hydrogens is 316 g/mol. The van der Waals surface area contributed by atoms with Gasteiger partial charge in [0.1, 0.15) is 5.82 Å². The van der Waals surface area contributed by atoms with Crippen molar-refractivity contribution in [2.45, 2.75) is 12.8 Å². The molecule has 1 aromatic heterocycles. The summed E-state index contributed by atoms with van der Waals surface area (Å²) >= 11 is 9.21. The van der Waals surface area contributed by atoms with Crippen LogP contribution in [0.4, 0.5) is 0 Å². The normalized spacial score (nSPS) is 10.6. The zero-order chi connectivity index (χ0) is 13.1. The number of carbonyl (C=O) groups is 1. The van der Waals surface area contributed by atoms with E-state index in [4.69, 9.17) is 11.6 Å². The molecule has 2 rings (SSSR count). The predicted octanol–water partition coefficient (Wildman–Crippen LogP) is 3.65. The van der Waals surface area contributed by atoms with Crippen LogP contribution in [0.15, 0.2) is 35.1 Å². The Bertz CT molecular complexity index is 580. The summed E-state index contributed by atoms with van der Waals surface area (Å²) in [4.78, 5) is 16.2. The SMILES string of the molecule is Cn1ccnc1CCC(=O)c1ccc(Cl)c(Br)c1. The van der Waals surface area contributed by atoms with E-state index < -0.39 is 0 Å². The highest BCUT2D eigenvalue weighted by atomic mass is 79.9. The van der Waals surface area contributed by atoms with Crippen LogP contribution >= 0.6 is 27.5 Å².